The van der Waals surface area contributed by atoms with E-state index in [0.717, 1.165) is 0 Å². The first kappa shape index (κ1) is 14.7. The van der Waals surface area contributed by atoms with Gasteiger partial charge >= 0.3 is 5.76 Å². The lowest BCUT2D eigenvalue weighted by molar-refractivity contribution is -0.116. The van der Waals surface area contributed by atoms with E-state index in [-0.39, 0.29) is 24.5 Å². The summed E-state index contributed by atoms with van der Waals surface area (Å²) in [6.45, 7) is 0. The number of oxazole rings is 1. The summed E-state index contributed by atoms with van der Waals surface area (Å²) in [5.41, 5.74) is 1.92. The van der Waals surface area contributed by atoms with Gasteiger partial charge in [-0.15, -0.1) is 0 Å². The van der Waals surface area contributed by atoms with Gasteiger partial charge in [-0.1, -0.05) is 0 Å². The third kappa shape index (κ3) is 3.52. The lowest BCUT2D eigenvalue weighted by Gasteiger charge is -2.05. The van der Waals surface area contributed by atoms with Crippen LogP contribution >= 0.6 is 0 Å². The zero-order chi connectivity index (χ0) is 16.2. The number of hydrogen-bond acceptors (Lipinski definition) is 5. The highest BCUT2D eigenvalue weighted by atomic mass is 16.4. The Balaban J connectivity index is 1.60. The molecule has 7 heteroatoms. The lowest BCUT2D eigenvalue weighted by Crippen LogP contribution is -2.13. The Morgan fingerprint density at radius 2 is 2.09 bits per heavy atom. The predicted octanol–water partition coefficient (Wildman–Crippen LogP) is 2.12. The summed E-state index contributed by atoms with van der Waals surface area (Å²) in [6, 6.07) is 8.15. The number of nitrogens with zero attached hydrogens (tertiary/aromatic N) is 1. The Morgan fingerprint density at radius 1 is 1.22 bits per heavy atom. The van der Waals surface area contributed by atoms with Gasteiger partial charge < -0.3 is 9.73 Å². The van der Waals surface area contributed by atoms with E-state index in [0.29, 0.717) is 22.4 Å². The van der Waals surface area contributed by atoms with Crippen molar-refractivity contribution in [2.75, 3.05) is 5.32 Å². The zero-order valence-electron chi connectivity index (χ0n) is 12.0. The molecule has 0 aliphatic heterocycles. The number of fused-ring (bicyclic) bond motifs is 1. The molecule has 3 rings (SSSR count). The lowest BCUT2D eigenvalue weighted by atomic mass is 10.1. The van der Waals surface area contributed by atoms with Crippen LogP contribution in [0.4, 0.5) is 5.69 Å². The van der Waals surface area contributed by atoms with E-state index in [1.165, 1.54) is 6.20 Å². The Morgan fingerprint density at radius 3 is 2.87 bits per heavy atom. The van der Waals surface area contributed by atoms with E-state index in [1.807, 2.05) is 0 Å². The van der Waals surface area contributed by atoms with E-state index in [1.54, 1.807) is 36.5 Å². The highest BCUT2D eigenvalue weighted by Crippen LogP contribution is 2.16. The predicted molar refractivity (Wildman–Crippen MR) is 83.3 cm³/mol. The fourth-order valence-electron chi connectivity index (χ4n) is 2.15. The van der Waals surface area contributed by atoms with E-state index in [4.69, 9.17) is 4.42 Å². The van der Waals surface area contributed by atoms with Crippen LogP contribution in [0.3, 0.4) is 0 Å². The highest BCUT2D eigenvalue weighted by molar-refractivity contribution is 6.00. The maximum absolute atomic E-state index is 11.9. The van der Waals surface area contributed by atoms with Crippen molar-refractivity contribution in [1.82, 2.24) is 9.97 Å². The molecule has 0 fully saturated rings. The van der Waals surface area contributed by atoms with Gasteiger partial charge in [-0.2, -0.15) is 0 Å². The van der Waals surface area contributed by atoms with E-state index in [2.05, 4.69) is 15.3 Å². The third-order valence-corrected chi connectivity index (χ3v) is 3.27. The van der Waals surface area contributed by atoms with Gasteiger partial charge in [0.25, 0.3) is 0 Å². The smallest absolute Gasteiger partial charge is 0.408 e. The van der Waals surface area contributed by atoms with Crippen molar-refractivity contribution in [2.24, 2.45) is 0 Å². The second-order valence-electron chi connectivity index (χ2n) is 4.94. The van der Waals surface area contributed by atoms with Crippen LogP contribution < -0.4 is 11.1 Å². The molecule has 0 spiro atoms. The maximum Gasteiger partial charge on any atom is 0.417 e. The molecule has 0 saturated carbocycles. The molecule has 0 aliphatic rings. The van der Waals surface area contributed by atoms with Crippen LogP contribution in [0.5, 0.6) is 0 Å². The molecule has 7 nitrogen and oxygen atoms in total. The van der Waals surface area contributed by atoms with Crippen LogP contribution in [0.15, 0.2) is 51.9 Å². The number of pyridine rings is 1. The number of aromatic amines is 1. The molecule has 3 aromatic rings. The number of hydrogen-bond donors (Lipinski definition) is 2. The van der Waals surface area contributed by atoms with Gasteiger partial charge in [0.2, 0.25) is 5.91 Å². The number of ketones is 1. The van der Waals surface area contributed by atoms with Gasteiger partial charge in [-0.25, -0.2) is 4.79 Å². The molecule has 0 unspecified atom stereocenters. The maximum atomic E-state index is 11.9. The molecule has 0 saturated heterocycles. The minimum absolute atomic E-state index is 0.0632. The summed E-state index contributed by atoms with van der Waals surface area (Å²) in [7, 11) is 0. The van der Waals surface area contributed by atoms with Crippen LogP contribution in [0, 0.1) is 0 Å². The topological polar surface area (TPSA) is 105 Å². The quantitative estimate of drug-likeness (QED) is 0.702. The van der Waals surface area contributed by atoms with Gasteiger partial charge in [-0.3, -0.25) is 19.6 Å². The molecule has 0 radical (unpaired) electrons. The van der Waals surface area contributed by atoms with Gasteiger partial charge in [0.1, 0.15) is 0 Å². The van der Waals surface area contributed by atoms with Gasteiger partial charge in [0.15, 0.2) is 11.4 Å². The average Bonchev–Trinajstić information content (AvgIpc) is 2.92. The Kier molecular flexibility index (Phi) is 4.01. The number of nitrogens with one attached hydrogen (secondary N) is 2. The summed E-state index contributed by atoms with van der Waals surface area (Å²) >= 11 is 0. The standard InChI is InChI=1S/C16H13N3O4/c20-13(10-2-1-7-17-9-10)4-6-15(21)18-11-3-5-14-12(8-11)19-16(22)23-14/h1-3,5,7-9H,4,6H2,(H,18,21)(H,19,22). The summed E-state index contributed by atoms with van der Waals surface area (Å²) in [5.74, 6) is -0.971. The Bertz CT molecular complexity index is 912. The minimum Gasteiger partial charge on any atom is -0.408 e. The monoisotopic (exact) mass is 311 g/mol. The van der Waals surface area contributed by atoms with Gasteiger partial charge in [0, 0.05) is 36.5 Å². The minimum atomic E-state index is -0.550. The van der Waals surface area contributed by atoms with Crippen molar-refractivity contribution in [2.45, 2.75) is 12.8 Å². The molecule has 0 bridgehead atoms. The number of carbonyl (C=O) groups is 2. The number of Topliss-reactive ketones (excluding diaryl/α,β-unsaturated/α-hetero) is 1. The Labute approximate surface area is 130 Å². The number of carbonyl (C=O) groups excluding carboxylic acids is 2. The molecule has 23 heavy (non-hydrogen) atoms. The number of benzene rings is 1. The summed E-state index contributed by atoms with van der Waals surface area (Å²) in [6.07, 6.45) is 3.22. The molecule has 1 aromatic carbocycles. The largest absolute Gasteiger partial charge is 0.417 e. The number of aromatic nitrogens is 2. The van der Waals surface area contributed by atoms with Crippen molar-refractivity contribution in [3.05, 3.63) is 58.8 Å². The van der Waals surface area contributed by atoms with Crippen LogP contribution in [-0.4, -0.2) is 21.7 Å². The molecule has 0 aliphatic carbocycles. The summed E-state index contributed by atoms with van der Waals surface area (Å²) < 4.78 is 4.88. The fourth-order valence-corrected chi connectivity index (χ4v) is 2.15. The fraction of sp³-hybridized carbons (Fsp3) is 0.125. The molecule has 2 aromatic heterocycles. The second kappa shape index (κ2) is 6.27. The normalized spacial score (nSPS) is 10.6. The SMILES string of the molecule is O=C(CCC(=O)c1cccnc1)Nc1ccc2oc(=O)[nH]c2c1. The Hall–Kier alpha value is -3.22. The number of anilines is 1. The van der Waals surface area contributed by atoms with E-state index < -0.39 is 5.76 Å². The first-order chi connectivity index (χ1) is 11.1. The molecule has 2 heterocycles. The van der Waals surface area contributed by atoms with Gasteiger partial charge in [0.05, 0.1) is 5.52 Å². The number of H-pyrrole nitrogens is 1. The number of amides is 1. The van der Waals surface area contributed by atoms with Crippen LogP contribution in [-0.2, 0) is 4.79 Å². The highest BCUT2D eigenvalue weighted by Gasteiger charge is 2.10. The zero-order valence-corrected chi connectivity index (χ0v) is 12.0. The third-order valence-electron chi connectivity index (χ3n) is 3.27. The molecule has 1 amide bonds. The summed E-state index contributed by atoms with van der Waals surface area (Å²) in [4.78, 5) is 41.3. The molecule has 0 atom stereocenters. The van der Waals surface area contributed by atoms with Gasteiger partial charge in [-0.05, 0) is 30.3 Å². The van der Waals surface area contributed by atoms with Crippen molar-refractivity contribution >= 4 is 28.5 Å². The van der Waals surface area contributed by atoms with Crippen molar-refractivity contribution in [3.63, 3.8) is 0 Å². The van der Waals surface area contributed by atoms with Crippen molar-refractivity contribution in [3.8, 4) is 0 Å². The van der Waals surface area contributed by atoms with E-state index in [9.17, 15) is 14.4 Å². The van der Waals surface area contributed by atoms with Crippen LogP contribution in [0.2, 0.25) is 0 Å². The number of rotatable bonds is 5. The first-order valence-electron chi connectivity index (χ1n) is 6.98. The molecule has 2 N–H and O–H groups in total. The average molecular weight is 311 g/mol. The van der Waals surface area contributed by atoms with Crippen molar-refractivity contribution in [1.29, 1.82) is 0 Å². The molecule has 116 valence electrons. The van der Waals surface area contributed by atoms with Crippen molar-refractivity contribution < 1.29 is 14.0 Å². The van der Waals surface area contributed by atoms with Crippen LogP contribution in [0.25, 0.3) is 11.1 Å². The second-order valence-corrected chi connectivity index (χ2v) is 4.94. The van der Waals surface area contributed by atoms with E-state index >= 15 is 0 Å². The molecular weight excluding hydrogens is 298 g/mol. The van der Waals surface area contributed by atoms with Crippen LogP contribution in [0.1, 0.15) is 23.2 Å². The summed E-state index contributed by atoms with van der Waals surface area (Å²) in [5, 5.41) is 2.68. The molecular formula is C16H13N3O4. The first-order valence-corrected chi connectivity index (χ1v) is 6.98.